The highest BCUT2D eigenvalue weighted by Crippen LogP contribution is 2.32. The lowest BCUT2D eigenvalue weighted by molar-refractivity contribution is -0.113. The number of rotatable bonds is 3. The van der Waals surface area contributed by atoms with Crippen LogP contribution in [0.3, 0.4) is 0 Å². The smallest absolute Gasteiger partial charge is 0.239 e. The average molecular weight is 254 g/mol. The lowest BCUT2D eigenvalue weighted by Crippen LogP contribution is -2.20. The molecule has 1 N–H and O–H groups in total. The van der Waals surface area contributed by atoms with E-state index in [1.165, 1.54) is 0 Å². The Morgan fingerprint density at radius 2 is 2.00 bits per heavy atom. The van der Waals surface area contributed by atoms with E-state index < -0.39 is 0 Å². The number of benzene rings is 1. The first-order chi connectivity index (χ1) is 7.90. The Balaban J connectivity index is 3.26. The second kappa shape index (κ2) is 5.54. The molecule has 1 aromatic carbocycles. The third-order valence-corrected chi connectivity index (χ3v) is 2.97. The molecule has 0 fully saturated rings. The van der Waals surface area contributed by atoms with Gasteiger partial charge < -0.3 is 5.32 Å². The van der Waals surface area contributed by atoms with Gasteiger partial charge in [-0.2, -0.15) is 0 Å². The summed E-state index contributed by atoms with van der Waals surface area (Å²) in [5, 5.41) is 2.92. The molecule has 1 rings (SSSR count). The molecule has 1 aromatic rings. The van der Waals surface area contributed by atoms with Crippen molar-refractivity contribution in [2.75, 3.05) is 11.2 Å². The summed E-state index contributed by atoms with van der Waals surface area (Å²) in [5.74, 6) is -0.167. The van der Waals surface area contributed by atoms with Crippen molar-refractivity contribution in [3.05, 3.63) is 29.3 Å². The first kappa shape index (κ1) is 14.0. The van der Waals surface area contributed by atoms with Gasteiger partial charge in [0.1, 0.15) is 5.88 Å². The second-order valence-corrected chi connectivity index (χ2v) is 5.39. The maximum atomic E-state index is 11.5. The van der Waals surface area contributed by atoms with Gasteiger partial charge in [0.25, 0.3) is 0 Å². The summed E-state index contributed by atoms with van der Waals surface area (Å²) in [6, 6.07) is 6.14. The predicted molar refractivity (Wildman–Crippen MR) is 73.9 cm³/mol. The zero-order chi connectivity index (χ0) is 13.1. The molecule has 0 aliphatic carbocycles. The molecule has 3 heteroatoms. The summed E-state index contributed by atoms with van der Waals surface area (Å²) in [6.07, 6.45) is 0.891. The molecule has 0 saturated carbocycles. The Morgan fingerprint density at radius 1 is 1.35 bits per heavy atom. The van der Waals surface area contributed by atoms with Crippen LogP contribution in [-0.2, 0) is 16.6 Å². The normalized spacial score (nSPS) is 11.4. The van der Waals surface area contributed by atoms with E-state index in [4.69, 9.17) is 11.6 Å². The number of hydrogen-bond donors (Lipinski definition) is 1. The van der Waals surface area contributed by atoms with E-state index in [1.54, 1.807) is 0 Å². The third kappa shape index (κ3) is 3.47. The Hall–Kier alpha value is -1.02. The highest BCUT2D eigenvalue weighted by Gasteiger charge is 2.20. The van der Waals surface area contributed by atoms with Gasteiger partial charge in [0.15, 0.2) is 0 Å². The number of hydrogen-bond acceptors (Lipinski definition) is 1. The van der Waals surface area contributed by atoms with E-state index in [0.717, 1.165) is 23.2 Å². The van der Waals surface area contributed by atoms with E-state index in [0.29, 0.717) is 0 Å². The summed E-state index contributed by atoms with van der Waals surface area (Å²) in [7, 11) is 0. The van der Waals surface area contributed by atoms with Crippen molar-refractivity contribution in [3.8, 4) is 0 Å². The second-order valence-electron chi connectivity index (χ2n) is 5.13. The summed E-state index contributed by atoms with van der Waals surface area (Å²) in [6.45, 7) is 8.49. The molecular weight excluding hydrogens is 234 g/mol. The van der Waals surface area contributed by atoms with Gasteiger partial charge in [-0.1, -0.05) is 45.9 Å². The van der Waals surface area contributed by atoms with Crippen molar-refractivity contribution >= 4 is 23.2 Å². The Bertz CT molecular complexity index is 407. The minimum Gasteiger partial charge on any atom is -0.325 e. The molecule has 0 aromatic heterocycles. The quantitative estimate of drug-likeness (QED) is 0.818. The molecule has 94 valence electrons. The van der Waals surface area contributed by atoms with Crippen LogP contribution < -0.4 is 5.32 Å². The highest BCUT2D eigenvalue weighted by molar-refractivity contribution is 6.29. The van der Waals surface area contributed by atoms with Crippen molar-refractivity contribution in [2.45, 2.75) is 39.5 Å². The van der Waals surface area contributed by atoms with E-state index in [9.17, 15) is 4.79 Å². The molecule has 0 unspecified atom stereocenters. The highest BCUT2D eigenvalue weighted by atomic mass is 35.5. The largest absolute Gasteiger partial charge is 0.325 e. The number of nitrogens with one attached hydrogen (secondary N) is 1. The van der Waals surface area contributed by atoms with Crippen LogP contribution in [0.4, 0.5) is 5.69 Å². The molecule has 2 nitrogen and oxygen atoms in total. The molecule has 0 aliphatic rings. The van der Waals surface area contributed by atoms with Crippen molar-refractivity contribution in [2.24, 2.45) is 0 Å². The van der Waals surface area contributed by atoms with Crippen LogP contribution in [0.1, 0.15) is 38.8 Å². The lowest BCUT2D eigenvalue weighted by Gasteiger charge is -2.25. The number of anilines is 1. The van der Waals surface area contributed by atoms with Crippen molar-refractivity contribution in [1.82, 2.24) is 0 Å². The van der Waals surface area contributed by atoms with Gasteiger partial charge in [-0.05, 0) is 23.0 Å². The number of aryl methyl sites for hydroxylation is 1. The number of halogens is 1. The lowest BCUT2D eigenvalue weighted by atomic mass is 9.84. The number of amides is 1. The van der Waals surface area contributed by atoms with Crippen LogP contribution in [0.15, 0.2) is 18.2 Å². The van der Waals surface area contributed by atoms with Crippen LogP contribution in [0.25, 0.3) is 0 Å². The first-order valence-corrected chi connectivity index (χ1v) is 6.41. The number of carbonyl (C=O) groups excluding carboxylic acids is 1. The fraction of sp³-hybridized carbons (Fsp3) is 0.500. The van der Waals surface area contributed by atoms with E-state index >= 15 is 0 Å². The van der Waals surface area contributed by atoms with E-state index in [1.807, 2.05) is 12.1 Å². The van der Waals surface area contributed by atoms with Crippen LogP contribution in [0.5, 0.6) is 0 Å². The fourth-order valence-corrected chi connectivity index (χ4v) is 1.91. The van der Waals surface area contributed by atoms with Gasteiger partial charge in [0, 0.05) is 5.69 Å². The van der Waals surface area contributed by atoms with Crippen LogP contribution in [0, 0.1) is 0 Å². The zero-order valence-corrected chi connectivity index (χ0v) is 11.7. The molecule has 0 radical (unpaired) electrons. The summed E-state index contributed by atoms with van der Waals surface area (Å²) >= 11 is 5.55. The Kier molecular flexibility index (Phi) is 4.58. The Morgan fingerprint density at radius 3 is 2.47 bits per heavy atom. The standard InChI is InChI=1S/C14H20ClNO/c1-5-10-7-6-8-11(14(2,3)4)13(10)16-12(17)9-15/h6-8H,5,9H2,1-4H3,(H,16,17). The first-order valence-electron chi connectivity index (χ1n) is 5.88. The van der Waals surface area contributed by atoms with Gasteiger partial charge >= 0.3 is 0 Å². The minimum atomic E-state index is -0.155. The van der Waals surface area contributed by atoms with Gasteiger partial charge in [-0.3, -0.25) is 4.79 Å². The van der Waals surface area contributed by atoms with Crippen molar-refractivity contribution < 1.29 is 4.79 Å². The minimum absolute atomic E-state index is 0.000105. The SMILES string of the molecule is CCc1cccc(C(C)(C)C)c1NC(=O)CCl. The van der Waals surface area contributed by atoms with Crippen LogP contribution in [0.2, 0.25) is 0 Å². The number of alkyl halides is 1. The molecule has 0 atom stereocenters. The zero-order valence-electron chi connectivity index (χ0n) is 10.9. The summed E-state index contributed by atoms with van der Waals surface area (Å²) in [5.41, 5.74) is 3.22. The molecule has 0 bridgehead atoms. The molecular formula is C14H20ClNO. The fourth-order valence-electron chi connectivity index (χ4n) is 1.84. The Labute approximate surface area is 108 Å². The maximum Gasteiger partial charge on any atom is 0.239 e. The molecule has 0 saturated heterocycles. The molecule has 0 aliphatic heterocycles. The summed E-state index contributed by atoms with van der Waals surface area (Å²) < 4.78 is 0. The average Bonchev–Trinajstić information content (AvgIpc) is 2.27. The summed E-state index contributed by atoms with van der Waals surface area (Å²) in [4.78, 5) is 11.5. The van der Waals surface area contributed by atoms with Crippen molar-refractivity contribution in [1.29, 1.82) is 0 Å². The van der Waals surface area contributed by atoms with Crippen molar-refractivity contribution in [3.63, 3.8) is 0 Å². The van der Waals surface area contributed by atoms with E-state index in [-0.39, 0.29) is 17.2 Å². The van der Waals surface area contributed by atoms with Gasteiger partial charge in [-0.15, -0.1) is 11.6 Å². The third-order valence-electron chi connectivity index (χ3n) is 2.73. The molecule has 1 amide bonds. The van der Waals surface area contributed by atoms with Gasteiger partial charge in [-0.25, -0.2) is 0 Å². The topological polar surface area (TPSA) is 29.1 Å². The van der Waals surface area contributed by atoms with Gasteiger partial charge in [0.2, 0.25) is 5.91 Å². The molecule has 0 spiro atoms. The molecule has 17 heavy (non-hydrogen) atoms. The van der Waals surface area contributed by atoms with Crippen LogP contribution >= 0.6 is 11.6 Å². The van der Waals surface area contributed by atoms with Gasteiger partial charge in [0.05, 0.1) is 0 Å². The number of carbonyl (C=O) groups is 1. The van der Waals surface area contributed by atoms with Crippen LogP contribution in [-0.4, -0.2) is 11.8 Å². The predicted octanol–water partition coefficient (Wildman–Crippen LogP) is 3.72. The monoisotopic (exact) mass is 253 g/mol. The molecule has 0 heterocycles. The maximum absolute atomic E-state index is 11.5. The van der Waals surface area contributed by atoms with E-state index in [2.05, 4.69) is 39.1 Å². The number of para-hydroxylation sites is 1.